The molecule has 6 rings (SSSR count). The molecule has 34 heavy (non-hydrogen) atoms. The lowest BCUT2D eigenvalue weighted by Crippen LogP contribution is -2.49. The van der Waals surface area contributed by atoms with Gasteiger partial charge in [-0.1, -0.05) is 0 Å². The number of rotatable bonds is 4. The van der Waals surface area contributed by atoms with Gasteiger partial charge in [0, 0.05) is 47.4 Å². The number of halogens is 2. The van der Waals surface area contributed by atoms with Crippen LogP contribution >= 0.6 is 0 Å². The third-order valence-corrected chi connectivity index (χ3v) is 7.35. The van der Waals surface area contributed by atoms with Crippen molar-refractivity contribution in [2.24, 2.45) is 0 Å². The van der Waals surface area contributed by atoms with E-state index in [9.17, 15) is 23.8 Å². The van der Waals surface area contributed by atoms with Crippen LogP contribution < -0.4 is 0 Å². The van der Waals surface area contributed by atoms with Crippen molar-refractivity contribution in [2.45, 2.75) is 43.1 Å². The number of carboxylic acids is 1. The Kier molecular flexibility index (Phi) is 4.76. The number of carbonyl (C=O) groups is 1. The molecule has 176 valence electrons. The van der Waals surface area contributed by atoms with E-state index >= 15 is 0 Å². The number of nitrogens with one attached hydrogen (secondary N) is 1. The number of H-pyrrole nitrogens is 1. The lowest BCUT2D eigenvalue weighted by atomic mass is 9.66. The maximum absolute atomic E-state index is 14.4. The second kappa shape index (κ2) is 7.61. The highest BCUT2D eigenvalue weighted by Crippen LogP contribution is 2.52. The number of aromatic nitrogens is 3. The van der Waals surface area contributed by atoms with Crippen molar-refractivity contribution in [1.29, 1.82) is 0 Å². The predicted molar refractivity (Wildman–Crippen MR) is 120 cm³/mol. The molecule has 2 aliphatic rings. The van der Waals surface area contributed by atoms with Gasteiger partial charge in [-0.2, -0.15) is 5.10 Å². The molecule has 2 aromatic carbocycles. The van der Waals surface area contributed by atoms with Gasteiger partial charge < -0.3 is 19.5 Å². The Morgan fingerprint density at radius 1 is 1.12 bits per heavy atom. The number of aliphatic hydroxyl groups is 1. The zero-order valence-electron chi connectivity index (χ0n) is 18.2. The zero-order chi connectivity index (χ0) is 23.6. The lowest BCUT2D eigenvalue weighted by Gasteiger charge is -2.41. The van der Waals surface area contributed by atoms with Crippen molar-refractivity contribution >= 4 is 27.8 Å². The molecule has 9 heteroatoms. The summed E-state index contributed by atoms with van der Waals surface area (Å²) in [7, 11) is 0. The molecule has 4 aromatic rings. The van der Waals surface area contributed by atoms with E-state index in [1.807, 2.05) is 16.7 Å². The summed E-state index contributed by atoms with van der Waals surface area (Å²) in [5.41, 5.74) is 2.26. The van der Waals surface area contributed by atoms with Crippen molar-refractivity contribution in [1.82, 2.24) is 14.8 Å². The molecule has 0 unspecified atom stereocenters. The molecule has 0 atom stereocenters. The van der Waals surface area contributed by atoms with E-state index in [1.165, 1.54) is 6.07 Å². The maximum Gasteiger partial charge on any atom is 0.335 e. The second-order valence-electron chi connectivity index (χ2n) is 9.39. The van der Waals surface area contributed by atoms with E-state index in [-0.39, 0.29) is 24.7 Å². The van der Waals surface area contributed by atoms with Crippen molar-refractivity contribution in [3.05, 3.63) is 59.4 Å². The van der Waals surface area contributed by atoms with Crippen molar-refractivity contribution in [2.75, 3.05) is 13.2 Å². The van der Waals surface area contributed by atoms with Crippen LogP contribution in [0.25, 0.3) is 27.5 Å². The van der Waals surface area contributed by atoms with E-state index in [0.29, 0.717) is 18.9 Å². The minimum Gasteiger partial charge on any atom is -0.479 e. The highest BCUT2D eigenvalue weighted by atomic mass is 19.2. The third kappa shape index (κ3) is 3.14. The third-order valence-electron chi connectivity index (χ3n) is 7.35. The summed E-state index contributed by atoms with van der Waals surface area (Å²) < 4.78 is 35.7. The smallest absolute Gasteiger partial charge is 0.335 e. The number of carboxylic acid groups (broad SMARTS) is 1. The van der Waals surface area contributed by atoms with E-state index < -0.39 is 23.2 Å². The number of hydrogen-bond acceptors (Lipinski definition) is 4. The minimum atomic E-state index is -1.76. The first kappa shape index (κ1) is 21.2. The van der Waals surface area contributed by atoms with Gasteiger partial charge in [0.05, 0.1) is 17.2 Å². The van der Waals surface area contributed by atoms with Crippen molar-refractivity contribution < 1.29 is 28.5 Å². The largest absolute Gasteiger partial charge is 0.479 e. The van der Waals surface area contributed by atoms with Gasteiger partial charge >= 0.3 is 5.97 Å². The minimum absolute atomic E-state index is 0.0826. The number of benzene rings is 2. The normalized spacial score (nSPS) is 23.4. The molecule has 1 saturated heterocycles. The maximum atomic E-state index is 14.4. The molecule has 2 fully saturated rings. The fourth-order valence-corrected chi connectivity index (χ4v) is 5.61. The predicted octanol–water partition coefficient (Wildman–Crippen LogP) is 4.37. The fraction of sp³-hybridized carbons (Fsp3) is 0.360. The number of hydrogen-bond donors (Lipinski definition) is 3. The van der Waals surface area contributed by atoms with Gasteiger partial charge in [0.1, 0.15) is 0 Å². The average molecular weight is 467 g/mol. The molecule has 0 spiro atoms. The first-order valence-electron chi connectivity index (χ1n) is 11.4. The summed E-state index contributed by atoms with van der Waals surface area (Å²) in [5.74, 6) is -3.19. The molecule has 3 heterocycles. The average Bonchev–Trinajstić information content (AvgIpc) is 3.39. The van der Waals surface area contributed by atoms with Crippen LogP contribution in [0.4, 0.5) is 8.78 Å². The first-order valence-corrected chi connectivity index (χ1v) is 11.4. The van der Waals surface area contributed by atoms with Crippen LogP contribution in [-0.4, -0.2) is 49.8 Å². The van der Waals surface area contributed by atoms with E-state index in [0.717, 1.165) is 52.0 Å². The quantitative estimate of drug-likeness (QED) is 0.414. The van der Waals surface area contributed by atoms with E-state index in [1.54, 1.807) is 12.3 Å². The van der Waals surface area contributed by atoms with Gasteiger partial charge in [-0.25, -0.2) is 13.6 Å². The highest BCUT2D eigenvalue weighted by Gasteiger charge is 2.51. The standard InChI is InChI=1S/C25H23F2N3O4/c26-18-2-1-16(8-19(18)27)30-21-7-14-12-28-29-20(14)9-17(21)22(15-10-25(33,11-15)24(31)32)23(30)13-3-5-34-6-4-13/h1-2,7-9,12-13,15,33H,3-6,10-11H2,(H,28,29)(H,31,32)/t15-,25+. The molecule has 0 radical (unpaired) electrons. The van der Waals surface area contributed by atoms with Crippen molar-refractivity contribution in [3.63, 3.8) is 0 Å². The Labute approximate surface area is 193 Å². The highest BCUT2D eigenvalue weighted by molar-refractivity contribution is 5.99. The molecule has 3 N–H and O–H groups in total. The number of aliphatic carboxylic acids is 1. The van der Waals surface area contributed by atoms with Crippen LogP contribution in [0.3, 0.4) is 0 Å². The Morgan fingerprint density at radius 2 is 1.88 bits per heavy atom. The Morgan fingerprint density at radius 3 is 2.59 bits per heavy atom. The topological polar surface area (TPSA) is 100 Å². The second-order valence-corrected chi connectivity index (χ2v) is 9.39. The molecular weight excluding hydrogens is 444 g/mol. The van der Waals surface area contributed by atoms with Gasteiger partial charge in [-0.05, 0) is 61.4 Å². The molecule has 0 amide bonds. The summed E-state index contributed by atoms with van der Waals surface area (Å²) in [6.45, 7) is 1.16. The number of fused-ring (bicyclic) bond motifs is 2. The first-order chi connectivity index (χ1) is 16.4. The number of aromatic amines is 1. The summed E-state index contributed by atoms with van der Waals surface area (Å²) >= 11 is 0. The number of nitrogens with zero attached hydrogens (tertiary/aromatic N) is 2. The molecule has 2 aromatic heterocycles. The monoisotopic (exact) mass is 467 g/mol. The summed E-state index contributed by atoms with van der Waals surface area (Å²) in [6, 6.07) is 7.80. The Balaban J connectivity index is 1.65. The van der Waals surface area contributed by atoms with E-state index in [4.69, 9.17) is 4.74 Å². The Hall–Kier alpha value is -3.30. The summed E-state index contributed by atoms with van der Waals surface area (Å²) in [5, 5.41) is 28.8. The molecule has 1 saturated carbocycles. The van der Waals surface area contributed by atoms with Crippen LogP contribution in [0, 0.1) is 11.6 Å². The summed E-state index contributed by atoms with van der Waals surface area (Å²) in [4.78, 5) is 11.6. The molecule has 1 aliphatic heterocycles. The SMILES string of the molecule is O=C(O)[C@]1(O)C[C@@H](c2c(C3CCOCC3)n(-c3ccc(F)c(F)c3)c3cc4cn[nH]c4cc32)C1. The molecule has 1 aliphatic carbocycles. The van der Waals surface area contributed by atoms with Gasteiger partial charge in [-0.3, -0.25) is 5.10 Å². The van der Waals surface area contributed by atoms with Crippen LogP contribution in [0.5, 0.6) is 0 Å². The van der Waals surface area contributed by atoms with E-state index in [2.05, 4.69) is 10.2 Å². The molecule has 0 bridgehead atoms. The van der Waals surface area contributed by atoms with Crippen molar-refractivity contribution in [3.8, 4) is 5.69 Å². The van der Waals surface area contributed by atoms with Crippen LogP contribution in [-0.2, 0) is 9.53 Å². The van der Waals surface area contributed by atoms with Crippen LogP contribution in [0.15, 0.2) is 36.5 Å². The zero-order valence-corrected chi connectivity index (χ0v) is 18.2. The van der Waals surface area contributed by atoms with Crippen LogP contribution in [0.1, 0.15) is 48.8 Å². The number of ether oxygens (including phenoxy) is 1. The van der Waals surface area contributed by atoms with Gasteiger partial charge in [-0.15, -0.1) is 0 Å². The van der Waals surface area contributed by atoms with Gasteiger partial charge in [0.2, 0.25) is 0 Å². The molecule has 7 nitrogen and oxygen atoms in total. The van der Waals surface area contributed by atoms with Gasteiger partial charge in [0.15, 0.2) is 17.2 Å². The lowest BCUT2D eigenvalue weighted by molar-refractivity contribution is -0.169. The Bertz CT molecular complexity index is 1430. The summed E-state index contributed by atoms with van der Waals surface area (Å²) in [6.07, 6.45) is 3.40. The molecular formula is C25H23F2N3O4. The fourth-order valence-electron chi connectivity index (χ4n) is 5.61. The van der Waals surface area contributed by atoms with Crippen LogP contribution in [0.2, 0.25) is 0 Å². The van der Waals surface area contributed by atoms with Gasteiger partial charge in [0.25, 0.3) is 0 Å².